The lowest BCUT2D eigenvalue weighted by atomic mass is 9.93. The lowest BCUT2D eigenvalue weighted by Crippen LogP contribution is -2.54. The Labute approximate surface area is 161 Å². The fraction of sp³-hybridized carbons (Fsp3) is 0.556. The van der Waals surface area contributed by atoms with Crippen LogP contribution in [-0.2, 0) is 16.6 Å². The van der Waals surface area contributed by atoms with Crippen molar-refractivity contribution in [2.24, 2.45) is 13.0 Å². The molecular formula is C18H24N4O4S. The van der Waals surface area contributed by atoms with E-state index < -0.39 is 17.9 Å². The van der Waals surface area contributed by atoms with E-state index in [9.17, 15) is 19.5 Å². The van der Waals surface area contributed by atoms with Crippen molar-refractivity contribution in [2.75, 3.05) is 6.54 Å². The summed E-state index contributed by atoms with van der Waals surface area (Å²) < 4.78 is 1.74. The average molecular weight is 392 g/mol. The van der Waals surface area contributed by atoms with Crippen LogP contribution in [0.25, 0.3) is 10.2 Å². The molecule has 2 amide bonds. The van der Waals surface area contributed by atoms with Gasteiger partial charge in [-0.05, 0) is 39.7 Å². The number of hydrogen-bond acceptors (Lipinski definition) is 5. The first-order valence-electron chi connectivity index (χ1n) is 8.96. The summed E-state index contributed by atoms with van der Waals surface area (Å²) in [6.07, 6.45) is 1.21. The smallest absolute Gasteiger partial charge is 0.308 e. The lowest BCUT2D eigenvalue weighted by Gasteiger charge is -2.38. The molecule has 0 spiro atoms. The minimum Gasteiger partial charge on any atom is -0.481 e. The zero-order chi connectivity index (χ0) is 19.9. The highest BCUT2D eigenvalue weighted by molar-refractivity contribution is 7.20. The summed E-state index contributed by atoms with van der Waals surface area (Å²) in [4.78, 5) is 39.6. The summed E-state index contributed by atoms with van der Waals surface area (Å²) in [5.41, 5.74) is 0.855. The topological polar surface area (TPSA) is 105 Å². The highest BCUT2D eigenvalue weighted by Gasteiger charge is 2.34. The SMILES string of the molecule is Cc1nn(C)c2sc(C(=O)NC(C)C(=O)N3CC(C(=O)O)CCC3C)cc12. The number of aryl methyl sites for hydroxylation is 2. The van der Waals surface area contributed by atoms with E-state index in [1.165, 1.54) is 11.3 Å². The number of carbonyl (C=O) groups is 3. The molecule has 2 N–H and O–H groups in total. The fourth-order valence-electron chi connectivity index (χ4n) is 3.51. The predicted octanol–water partition coefficient (Wildman–Crippen LogP) is 1.77. The molecule has 146 valence electrons. The highest BCUT2D eigenvalue weighted by Crippen LogP contribution is 2.28. The van der Waals surface area contributed by atoms with Crippen molar-refractivity contribution in [1.82, 2.24) is 20.0 Å². The van der Waals surface area contributed by atoms with E-state index in [1.54, 1.807) is 22.6 Å². The van der Waals surface area contributed by atoms with Crippen LogP contribution in [0.15, 0.2) is 6.07 Å². The molecule has 27 heavy (non-hydrogen) atoms. The Morgan fingerprint density at radius 2 is 2.07 bits per heavy atom. The number of likely N-dealkylation sites (tertiary alicyclic amines) is 1. The van der Waals surface area contributed by atoms with Crippen molar-refractivity contribution in [1.29, 1.82) is 0 Å². The van der Waals surface area contributed by atoms with Crippen LogP contribution in [0.5, 0.6) is 0 Å². The summed E-state index contributed by atoms with van der Waals surface area (Å²) in [5.74, 6) is -1.99. The second kappa shape index (κ2) is 7.30. The van der Waals surface area contributed by atoms with Crippen LogP contribution in [-0.4, -0.2) is 56.2 Å². The lowest BCUT2D eigenvalue weighted by molar-refractivity contribution is -0.147. The van der Waals surface area contributed by atoms with E-state index in [0.29, 0.717) is 17.7 Å². The second-order valence-electron chi connectivity index (χ2n) is 7.19. The molecule has 3 heterocycles. The Hall–Kier alpha value is -2.42. The van der Waals surface area contributed by atoms with Crippen LogP contribution in [0.2, 0.25) is 0 Å². The molecule has 1 saturated heterocycles. The van der Waals surface area contributed by atoms with E-state index in [4.69, 9.17) is 0 Å². The maximum atomic E-state index is 12.8. The minimum atomic E-state index is -0.884. The van der Waals surface area contributed by atoms with Crippen LogP contribution in [0.1, 0.15) is 42.1 Å². The van der Waals surface area contributed by atoms with Crippen LogP contribution in [0, 0.1) is 12.8 Å². The molecule has 3 rings (SSSR count). The van der Waals surface area contributed by atoms with Gasteiger partial charge in [0.05, 0.1) is 16.5 Å². The maximum Gasteiger partial charge on any atom is 0.308 e. The number of aliphatic carboxylic acids is 1. The van der Waals surface area contributed by atoms with Gasteiger partial charge < -0.3 is 15.3 Å². The molecular weight excluding hydrogens is 368 g/mol. The summed E-state index contributed by atoms with van der Waals surface area (Å²) in [6.45, 7) is 5.62. The zero-order valence-corrected chi connectivity index (χ0v) is 16.7. The van der Waals surface area contributed by atoms with Crippen molar-refractivity contribution >= 4 is 39.3 Å². The number of carboxylic acid groups (broad SMARTS) is 1. The van der Waals surface area contributed by atoms with Gasteiger partial charge in [0.15, 0.2) is 0 Å². The molecule has 0 aliphatic carbocycles. The molecule has 1 fully saturated rings. The monoisotopic (exact) mass is 392 g/mol. The van der Waals surface area contributed by atoms with Gasteiger partial charge in [0.2, 0.25) is 5.91 Å². The normalized spacial score (nSPS) is 21.3. The Morgan fingerprint density at radius 3 is 2.70 bits per heavy atom. The number of hydrogen-bond donors (Lipinski definition) is 2. The molecule has 3 unspecified atom stereocenters. The number of carbonyl (C=O) groups excluding carboxylic acids is 2. The van der Waals surface area contributed by atoms with Crippen molar-refractivity contribution < 1.29 is 19.5 Å². The third-order valence-electron chi connectivity index (χ3n) is 5.15. The zero-order valence-electron chi connectivity index (χ0n) is 15.9. The van der Waals surface area contributed by atoms with Gasteiger partial charge in [-0.2, -0.15) is 5.10 Å². The number of aromatic nitrogens is 2. The van der Waals surface area contributed by atoms with Gasteiger partial charge in [0.25, 0.3) is 5.91 Å². The minimum absolute atomic E-state index is 0.0366. The third kappa shape index (κ3) is 3.69. The number of rotatable bonds is 4. The van der Waals surface area contributed by atoms with E-state index in [0.717, 1.165) is 15.9 Å². The first-order valence-corrected chi connectivity index (χ1v) is 9.78. The Kier molecular flexibility index (Phi) is 5.23. The summed E-state index contributed by atoms with van der Waals surface area (Å²) in [7, 11) is 1.83. The number of carboxylic acids is 1. The van der Waals surface area contributed by atoms with Crippen LogP contribution < -0.4 is 5.32 Å². The van der Waals surface area contributed by atoms with Gasteiger partial charge in [-0.1, -0.05) is 0 Å². The van der Waals surface area contributed by atoms with Gasteiger partial charge in [-0.15, -0.1) is 11.3 Å². The van der Waals surface area contributed by atoms with E-state index in [2.05, 4.69) is 10.4 Å². The predicted molar refractivity (Wildman–Crippen MR) is 102 cm³/mol. The van der Waals surface area contributed by atoms with Crippen molar-refractivity contribution in [3.8, 4) is 0 Å². The molecule has 0 aromatic carbocycles. The van der Waals surface area contributed by atoms with Crippen LogP contribution in [0.4, 0.5) is 0 Å². The van der Waals surface area contributed by atoms with Crippen LogP contribution in [0.3, 0.4) is 0 Å². The van der Waals surface area contributed by atoms with Crippen molar-refractivity contribution in [3.05, 3.63) is 16.6 Å². The molecule has 1 aliphatic rings. The number of thiophene rings is 1. The Balaban J connectivity index is 1.70. The van der Waals surface area contributed by atoms with Crippen LogP contribution >= 0.6 is 11.3 Å². The third-order valence-corrected chi connectivity index (χ3v) is 6.35. The van der Waals surface area contributed by atoms with Crippen molar-refractivity contribution in [3.63, 3.8) is 0 Å². The van der Waals surface area contributed by atoms with Gasteiger partial charge in [-0.3, -0.25) is 19.1 Å². The molecule has 2 aromatic rings. The molecule has 2 aromatic heterocycles. The van der Waals surface area contributed by atoms with Crippen molar-refractivity contribution in [2.45, 2.75) is 45.7 Å². The van der Waals surface area contributed by atoms with Gasteiger partial charge >= 0.3 is 5.97 Å². The second-order valence-corrected chi connectivity index (χ2v) is 8.22. The highest BCUT2D eigenvalue weighted by atomic mass is 32.1. The largest absolute Gasteiger partial charge is 0.481 e. The summed E-state index contributed by atoms with van der Waals surface area (Å²) in [6, 6.07) is 1.03. The molecule has 1 aliphatic heterocycles. The molecule has 0 radical (unpaired) electrons. The van der Waals surface area contributed by atoms with Gasteiger partial charge in [-0.25, -0.2) is 0 Å². The molecule has 9 heteroatoms. The van der Waals surface area contributed by atoms with Gasteiger partial charge in [0.1, 0.15) is 10.9 Å². The quantitative estimate of drug-likeness (QED) is 0.825. The number of piperidine rings is 1. The Bertz CT molecular complexity index is 868. The maximum absolute atomic E-state index is 12.8. The number of nitrogens with one attached hydrogen (secondary N) is 1. The molecule has 8 nitrogen and oxygen atoms in total. The standard InChI is InChI=1S/C18H24N4O4S/c1-9-5-6-12(18(25)26)8-22(9)16(24)11(3)19-15(23)14-7-13-10(2)20-21(4)17(13)27-14/h7,9,11-12H,5-6,8H2,1-4H3,(H,19,23)(H,25,26). The molecule has 0 saturated carbocycles. The molecule has 3 atom stereocenters. The fourth-order valence-corrected chi connectivity index (χ4v) is 4.54. The van der Waals surface area contributed by atoms with E-state index >= 15 is 0 Å². The first kappa shape index (κ1) is 19.3. The molecule has 0 bridgehead atoms. The number of amides is 2. The van der Waals surface area contributed by atoms with E-state index in [1.807, 2.05) is 20.9 Å². The van der Waals surface area contributed by atoms with Gasteiger partial charge in [0, 0.05) is 25.0 Å². The number of fused-ring (bicyclic) bond motifs is 1. The average Bonchev–Trinajstić information content (AvgIpc) is 3.16. The van der Waals surface area contributed by atoms with E-state index in [-0.39, 0.29) is 24.4 Å². The summed E-state index contributed by atoms with van der Waals surface area (Å²) in [5, 5.41) is 17.2. The summed E-state index contributed by atoms with van der Waals surface area (Å²) >= 11 is 1.33. The Morgan fingerprint density at radius 1 is 1.37 bits per heavy atom. The number of nitrogens with zero attached hydrogens (tertiary/aromatic N) is 3. The first-order chi connectivity index (χ1) is 12.7.